The maximum absolute atomic E-state index is 13.1. The van der Waals surface area contributed by atoms with Crippen LogP contribution in [0.15, 0.2) is 371 Å². The standard InChI is InChI=1S/C23H25N3O.C23H23N3.C23H25N3.C22H23N3O.C22H21N3/c1-17-15-26(16-25-17)21-13-12-20(14-21)23(22(24)27,18-8-4-2-5-9-18)19-10-6-3-7-11-19;1-18-16-26(17-25-18)22-14-13-21(15-22)23(24-2,19-9-5-3-6-10-19)20-11-7-4-8-12-20;1-18-25-15-16-26(18)22-14-13-21(17-22)23(24-2,19-9-5-3-6-10-19)20-11-7-4-8-12-20;23-21(26)22(17-7-3-1-4-8-17,18-9-5-2-6-10-18)19-11-12-20(15-19)25-14-13-24-16-25;1-23-22(18-8-4-2-5-9-18,19-10-6-3-7-11-19)20-12-13-21(16-20)25-15-14-24-17-25/h2-11,15-16,20-21H,12-14H2,1H3,(H2,24,27);3-12,16-17,21-22H,13-15H2,1H3;3-12,21-22H,13-17H2,1H3;1-10,13-14,16,19-20H,11-12,15H2,(H2,23,26);2-11,14-15,17,20-21H,12-13,16H2/t20?,21-;2*21?,22-;19?,20-;20?,21-/m11111/s1. The average molecular weight is 1720 g/mol. The van der Waals surface area contributed by atoms with Gasteiger partial charge in [0.2, 0.25) is 11.8 Å². The van der Waals surface area contributed by atoms with Gasteiger partial charge in [0.25, 0.3) is 16.6 Å². The van der Waals surface area contributed by atoms with E-state index in [9.17, 15) is 9.59 Å². The summed E-state index contributed by atoms with van der Waals surface area (Å²) in [5.74, 6) is 1.83. The van der Waals surface area contributed by atoms with Gasteiger partial charge >= 0.3 is 0 Å². The Bertz CT molecular complexity index is 5900. The summed E-state index contributed by atoms with van der Waals surface area (Å²) in [4.78, 5) is 63.1. The zero-order chi connectivity index (χ0) is 89.9. The third-order valence-electron chi connectivity index (χ3n) is 29.3. The van der Waals surface area contributed by atoms with Crippen LogP contribution in [0.4, 0.5) is 0 Å². The van der Waals surface area contributed by atoms with E-state index in [0.29, 0.717) is 42.0 Å². The van der Waals surface area contributed by atoms with Crippen LogP contribution >= 0.6 is 0 Å². The monoisotopic (exact) mass is 1720 g/mol. The summed E-state index contributed by atoms with van der Waals surface area (Å²) in [6.07, 6.45) is 34.8. The molecule has 10 aromatic carbocycles. The molecule has 20 rings (SSSR count). The molecule has 5 fully saturated rings. The van der Waals surface area contributed by atoms with Crippen LogP contribution in [-0.4, -0.2) is 79.9 Å². The summed E-state index contributed by atoms with van der Waals surface area (Å²) < 4.78 is 8.78. The molecule has 0 bridgehead atoms. The fourth-order valence-electron chi connectivity index (χ4n) is 23.1. The number of amidine groups is 1. The van der Waals surface area contributed by atoms with Gasteiger partial charge in [0.15, 0.2) is 0 Å². The molecule has 17 nitrogen and oxygen atoms in total. The minimum atomic E-state index is -0.813. The fraction of sp³-hybridized carbons (Fsp3) is 0.310. The molecule has 0 radical (unpaired) electrons. The number of nitrogens with zero attached hydrogens (tertiary/aromatic N) is 13. The Morgan fingerprint density at radius 2 is 0.554 bits per heavy atom. The SMILES string of the molecule is Cc1cn([C@@H]2CCC(C(C(N)=O)(c3ccccc3)c3ccccc3)C2)cn1.NC(=O)C(c1ccccc1)(c1ccccc1)C1CC[C@@H](n2ccnc2)C1.[C-]#[N+]C(c1ccccc1)(c1ccccc1)C1CC[C@@H](N2CCN=C2C)C1.[C-]#[N+]C(c1ccccc1)(c1ccccc1)C1CC[C@@H](n2ccnc2)C1.[C-]#[N+]C(c1ccccc1)(c1ccccc1)C1CC[C@@H](n2cnc(C)c2)C1. The minimum absolute atomic E-state index is 0.146. The number of carbonyl (C=O) groups excluding carboxylic acids is 2. The molecule has 0 spiro atoms. The van der Waals surface area contributed by atoms with Crippen LogP contribution in [0.5, 0.6) is 0 Å². The van der Waals surface area contributed by atoms with Crippen LogP contribution < -0.4 is 11.5 Å². The predicted octanol–water partition coefficient (Wildman–Crippen LogP) is 22.9. The number of carbonyl (C=O) groups is 2. The van der Waals surface area contributed by atoms with Crippen molar-refractivity contribution in [2.45, 2.75) is 175 Å². The molecule has 17 heteroatoms. The summed E-state index contributed by atoms with van der Waals surface area (Å²) >= 11 is 0. The molecular formula is C113H117N15O2. The molecule has 5 heterocycles. The van der Waals surface area contributed by atoms with Crippen molar-refractivity contribution in [3.63, 3.8) is 0 Å². The highest BCUT2D eigenvalue weighted by atomic mass is 16.2. The first-order valence-corrected chi connectivity index (χ1v) is 46.2. The Balaban J connectivity index is 0.000000119. The number of imidazole rings is 4. The highest BCUT2D eigenvalue weighted by Crippen LogP contribution is 2.56. The van der Waals surface area contributed by atoms with E-state index in [1.807, 2.05) is 270 Å². The fourth-order valence-corrected chi connectivity index (χ4v) is 23.1. The molecule has 4 aromatic heterocycles. The van der Waals surface area contributed by atoms with Crippen molar-refractivity contribution in [3.05, 3.63) is 467 Å². The molecular weight excluding hydrogens is 1600 g/mol. The van der Waals surface area contributed by atoms with Crippen molar-refractivity contribution in [3.8, 4) is 0 Å². The maximum Gasteiger partial charge on any atom is 0.285 e. The normalized spacial score (nSPS) is 20.6. The van der Waals surface area contributed by atoms with Gasteiger partial charge in [-0.15, -0.1) is 0 Å². The lowest BCUT2D eigenvalue weighted by molar-refractivity contribution is -0.124. The highest BCUT2D eigenvalue weighted by molar-refractivity contribution is 5.92. The van der Waals surface area contributed by atoms with Crippen molar-refractivity contribution in [1.82, 2.24) is 43.1 Å². The lowest BCUT2D eigenvalue weighted by Gasteiger charge is -2.37. The van der Waals surface area contributed by atoms with E-state index < -0.39 is 27.4 Å². The van der Waals surface area contributed by atoms with Gasteiger partial charge in [-0.2, -0.15) is 0 Å². The van der Waals surface area contributed by atoms with Crippen molar-refractivity contribution >= 4 is 17.6 Å². The lowest BCUT2D eigenvalue weighted by atomic mass is 9.64. The average Bonchev–Trinajstić information content (AvgIpc) is 1.40. The van der Waals surface area contributed by atoms with Crippen LogP contribution in [0.1, 0.15) is 194 Å². The molecule has 14 aromatic rings. The topological polar surface area (TPSA) is 186 Å². The third-order valence-corrected chi connectivity index (χ3v) is 29.3. The van der Waals surface area contributed by atoms with E-state index in [1.54, 1.807) is 0 Å². The second-order valence-electron chi connectivity index (χ2n) is 36.0. The van der Waals surface area contributed by atoms with E-state index in [4.69, 9.17) is 31.2 Å². The Labute approximate surface area is 766 Å². The number of amides is 2. The first-order chi connectivity index (χ1) is 63.7. The van der Waals surface area contributed by atoms with Gasteiger partial charge in [-0.05, 0) is 151 Å². The number of rotatable bonds is 22. The summed E-state index contributed by atoms with van der Waals surface area (Å²) in [5, 5.41) is 0. The third kappa shape index (κ3) is 18.0. The number of hydrogen-bond acceptors (Lipinski definition) is 8. The minimum Gasteiger partial charge on any atom is -0.369 e. The predicted molar refractivity (Wildman–Crippen MR) is 516 cm³/mol. The lowest BCUT2D eigenvalue weighted by Crippen LogP contribution is -2.47. The summed E-state index contributed by atoms with van der Waals surface area (Å²) in [6, 6.07) is 104. The summed E-state index contributed by atoms with van der Waals surface area (Å²) in [5.41, 5.74) is 21.5. The van der Waals surface area contributed by atoms with Gasteiger partial charge < -0.3 is 34.6 Å². The van der Waals surface area contributed by atoms with Crippen LogP contribution in [-0.2, 0) is 37.0 Å². The number of hydrogen-bond donors (Lipinski definition) is 2. The number of aliphatic imine (C=N–C) groups is 1. The number of benzene rings is 10. The largest absolute Gasteiger partial charge is 0.369 e. The van der Waals surface area contributed by atoms with E-state index in [2.05, 4.69) is 179 Å². The van der Waals surface area contributed by atoms with Gasteiger partial charge in [0, 0.05) is 125 Å². The second-order valence-corrected chi connectivity index (χ2v) is 36.0. The molecule has 5 saturated carbocycles. The molecule has 10 atom stereocenters. The van der Waals surface area contributed by atoms with Gasteiger partial charge in [-0.25, -0.2) is 39.7 Å². The molecule has 6 aliphatic rings. The molecule has 656 valence electrons. The Morgan fingerprint density at radius 3 is 0.777 bits per heavy atom. The van der Waals surface area contributed by atoms with Crippen molar-refractivity contribution in [1.29, 1.82) is 0 Å². The number of aromatic nitrogens is 8. The van der Waals surface area contributed by atoms with Crippen LogP contribution in [0, 0.1) is 63.2 Å². The Morgan fingerprint density at radius 1 is 0.315 bits per heavy atom. The van der Waals surface area contributed by atoms with Gasteiger partial charge in [0.1, 0.15) is 10.8 Å². The van der Waals surface area contributed by atoms with Crippen LogP contribution in [0.2, 0.25) is 0 Å². The van der Waals surface area contributed by atoms with Gasteiger partial charge in [0.05, 0.1) is 49.1 Å². The molecule has 0 saturated heterocycles. The number of primary amides is 2. The van der Waals surface area contributed by atoms with Gasteiger partial charge in [-0.1, -0.05) is 303 Å². The van der Waals surface area contributed by atoms with E-state index in [1.165, 1.54) is 5.84 Å². The van der Waals surface area contributed by atoms with E-state index in [0.717, 1.165) is 176 Å². The summed E-state index contributed by atoms with van der Waals surface area (Å²) in [6.45, 7) is 32.8. The van der Waals surface area contributed by atoms with E-state index >= 15 is 0 Å². The molecule has 5 unspecified atom stereocenters. The van der Waals surface area contributed by atoms with Crippen LogP contribution in [0.25, 0.3) is 14.5 Å². The van der Waals surface area contributed by atoms with Crippen LogP contribution in [0.3, 0.4) is 0 Å². The zero-order valence-electron chi connectivity index (χ0n) is 74.7. The molecule has 130 heavy (non-hydrogen) atoms. The van der Waals surface area contributed by atoms with Crippen molar-refractivity contribution < 1.29 is 9.59 Å². The molecule has 2 amide bonds. The smallest absolute Gasteiger partial charge is 0.285 e. The first-order valence-electron chi connectivity index (χ1n) is 46.2. The van der Waals surface area contributed by atoms with Gasteiger partial charge in [-0.3, -0.25) is 29.1 Å². The quantitative estimate of drug-likeness (QED) is 0.0632. The molecule has 1 aliphatic heterocycles. The van der Waals surface area contributed by atoms with Crippen molar-refractivity contribution in [2.75, 3.05) is 13.1 Å². The first kappa shape index (κ1) is 89.3. The number of aryl methyl sites for hydroxylation is 2. The Kier molecular flexibility index (Phi) is 28.1. The molecule has 4 N–H and O–H groups in total. The Hall–Kier alpha value is -14.1. The zero-order valence-corrected chi connectivity index (χ0v) is 74.7. The molecule has 5 aliphatic carbocycles. The summed E-state index contributed by atoms with van der Waals surface area (Å²) in [7, 11) is 0. The highest BCUT2D eigenvalue weighted by Gasteiger charge is 2.57. The number of nitrogens with two attached hydrogens (primary N) is 2. The van der Waals surface area contributed by atoms with E-state index in [-0.39, 0.29) is 29.6 Å². The van der Waals surface area contributed by atoms with Crippen molar-refractivity contribution in [2.24, 2.45) is 46.0 Å². The second kappa shape index (κ2) is 40.9. The maximum atomic E-state index is 13.1.